The number of carbonyl (C=O) groups excluding carboxylic acids is 1. The van der Waals surface area contributed by atoms with Crippen molar-refractivity contribution in [3.8, 4) is 0 Å². The van der Waals surface area contributed by atoms with Crippen LogP contribution in [-0.2, 0) is 0 Å². The fourth-order valence-corrected chi connectivity index (χ4v) is 4.57. The van der Waals surface area contributed by atoms with E-state index in [4.69, 9.17) is 4.42 Å². The third-order valence-corrected chi connectivity index (χ3v) is 6.77. The summed E-state index contributed by atoms with van der Waals surface area (Å²) in [4.78, 5) is 28.3. The molecule has 7 heteroatoms. The van der Waals surface area contributed by atoms with Crippen LogP contribution in [0.1, 0.15) is 65.8 Å². The summed E-state index contributed by atoms with van der Waals surface area (Å²) in [5, 5.41) is 4.20. The maximum Gasteiger partial charge on any atom is 0.258 e. The molecule has 1 N–H and O–H groups in total. The third kappa shape index (κ3) is 3.87. The first-order chi connectivity index (χ1) is 15.5. The van der Waals surface area contributed by atoms with Crippen molar-refractivity contribution in [3.63, 3.8) is 0 Å². The zero-order valence-corrected chi connectivity index (χ0v) is 18.9. The summed E-state index contributed by atoms with van der Waals surface area (Å²) >= 11 is 0. The molecule has 1 aliphatic heterocycles. The van der Waals surface area contributed by atoms with E-state index < -0.39 is 0 Å². The third-order valence-electron chi connectivity index (χ3n) is 6.77. The second-order valence-electron chi connectivity index (χ2n) is 9.24. The minimum atomic E-state index is 0.00741. The number of rotatable bonds is 5. The zero-order chi connectivity index (χ0) is 22.3. The topological polar surface area (TPSA) is 83.6 Å². The van der Waals surface area contributed by atoms with Gasteiger partial charge in [0.15, 0.2) is 0 Å². The molecule has 1 aromatic carbocycles. The Morgan fingerprint density at radius 1 is 1.22 bits per heavy atom. The number of nitrogens with zero attached hydrogens (tertiary/aromatic N) is 4. The van der Waals surface area contributed by atoms with Gasteiger partial charge in [-0.1, -0.05) is 24.3 Å². The van der Waals surface area contributed by atoms with Crippen LogP contribution in [0.15, 0.2) is 40.0 Å². The van der Waals surface area contributed by atoms with Crippen LogP contribution in [0.3, 0.4) is 0 Å². The van der Waals surface area contributed by atoms with Crippen LogP contribution in [0, 0.1) is 6.92 Å². The molecule has 3 heterocycles. The smallest absolute Gasteiger partial charge is 0.258 e. The van der Waals surface area contributed by atoms with Crippen molar-refractivity contribution < 1.29 is 9.21 Å². The Bertz CT molecular complexity index is 1170. The second-order valence-corrected chi connectivity index (χ2v) is 9.24. The molecule has 1 saturated carbocycles. The van der Waals surface area contributed by atoms with Crippen LogP contribution in [0.2, 0.25) is 0 Å². The van der Waals surface area contributed by atoms with E-state index >= 15 is 0 Å². The zero-order valence-electron chi connectivity index (χ0n) is 18.9. The number of benzene rings is 1. The summed E-state index contributed by atoms with van der Waals surface area (Å²) in [5.41, 5.74) is 3.54. The van der Waals surface area contributed by atoms with Crippen molar-refractivity contribution in [2.45, 2.75) is 51.0 Å². The molecule has 2 aromatic heterocycles. The highest BCUT2D eigenvalue weighted by Gasteiger charge is 2.39. The highest BCUT2D eigenvalue weighted by atomic mass is 16.3. The number of amides is 1. The van der Waals surface area contributed by atoms with Crippen LogP contribution in [0.4, 0.5) is 5.82 Å². The molecule has 1 amide bonds. The van der Waals surface area contributed by atoms with Gasteiger partial charge in [-0.15, -0.1) is 0 Å². The Morgan fingerprint density at radius 3 is 2.59 bits per heavy atom. The first-order valence-corrected chi connectivity index (χ1v) is 11.3. The summed E-state index contributed by atoms with van der Waals surface area (Å²) in [5.74, 6) is 1.77. The average Bonchev–Trinajstić information content (AvgIpc) is 3.42. The van der Waals surface area contributed by atoms with Gasteiger partial charge in [0.25, 0.3) is 5.91 Å². The lowest BCUT2D eigenvalue weighted by Gasteiger charge is -2.32. The monoisotopic (exact) mass is 431 g/mol. The van der Waals surface area contributed by atoms with E-state index in [9.17, 15) is 4.79 Å². The molecule has 0 unspecified atom stereocenters. The lowest BCUT2D eigenvalue weighted by atomic mass is 9.88. The Balaban J connectivity index is 1.34. The standard InChI is InChI=1S/C25H29N5O2/c1-16-20(21-22(29-25(2)10-11-25)27-15-28-23(21)32-16)24(31)30-12-8-19(9-13-30)18-6-4-17(5-7-18)14-26-3/h4-7,14-15,19H,8-13H2,1-3H3,(H,27,28,29). The van der Waals surface area contributed by atoms with Crippen LogP contribution >= 0.6 is 0 Å². The molecule has 0 spiro atoms. The van der Waals surface area contributed by atoms with Gasteiger partial charge in [0.05, 0.1) is 10.9 Å². The molecule has 166 valence electrons. The van der Waals surface area contributed by atoms with Crippen molar-refractivity contribution in [1.82, 2.24) is 14.9 Å². The van der Waals surface area contributed by atoms with Crippen LogP contribution < -0.4 is 5.32 Å². The number of carbonyl (C=O) groups is 1. The predicted octanol–water partition coefficient (Wildman–Crippen LogP) is 4.56. The molecule has 5 rings (SSSR count). The van der Waals surface area contributed by atoms with Gasteiger partial charge < -0.3 is 14.6 Å². The van der Waals surface area contributed by atoms with Gasteiger partial charge in [-0.05, 0) is 56.6 Å². The SMILES string of the molecule is CN=Cc1ccc(C2CCN(C(=O)c3c(C)oc4ncnc(NC5(C)CC5)c34)CC2)cc1. The number of hydrogen-bond donors (Lipinski definition) is 1. The largest absolute Gasteiger partial charge is 0.442 e. The molecule has 2 fully saturated rings. The van der Waals surface area contributed by atoms with Gasteiger partial charge >= 0.3 is 0 Å². The number of aliphatic imine (C=N–C) groups is 1. The Hall–Kier alpha value is -3.22. The van der Waals surface area contributed by atoms with Crippen LogP contribution in [0.25, 0.3) is 11.1 Å². The number of nitrogens with one attached hydrogen (secondary N) is 1. The summed E-state index contributed by atoms with van der Waals surface area (Å²) in [7, 11) is 1.78. The molecule has 32 heavy (non-hydrogen) atoms. The summed E-state index contributed by atoms with van der Waals surface area (Å²) in [6.45, 7) is 5.46. The summed E-state index contributed by atoms with van der Waals surface area (Å²) < 4.78 is 5.86. The number of piperidine rings is 1. The van der Waals surface area contributed by atoms with E-state index in [0.29, 0.717) is 34.2 Å². The molecule has 1 aliphatic carbocycles. The quantitative estimate of drug-likeness (QED) is 0.599. The normalized spacial score (nSPS) is 18.4. The Morgan fingerprint density at radius 2 is 1.94 bits per heavy atom. The van der Waals surface area contributed by atoms with E-state index in [1.165, 1.54) is 11.9 Å². The highest BCUT2D eigenvalue weighted by Crippen LogP contribution is 2.40. The van der Waals surface area contributed by atoms with Gasteiger partial charge in [0.2, 0.25) is 5.71 Å². The van der Waals surface area contributed by atoms with Crippen LogP contribution in [-0.4, -0.2) is 52.7 Å². The fourth-order valence-electron chi connectivity index (χ4n) is 4.57. The van der Waals surface area contributed by atoms with Gasteiger partial charge in [-0.2, -0.15) is 0 Å². The molecule has 1 saturated heterocycles. The van der Waals surface area contributed by atoms with E-state index in [1.807, 2.05) is 18.0 Å². The molecular formula is C25H29N5O2. The molecule has 3 aromatic rings. The maximum atomic E-state index is 13.6. The maximum absolute atomic E-state index is 13.6. The minimum Gasteiger partial charge on any atom is -0.442 e. The van der Waals surface area contributed by atoms with E-state index in [2.05, 4.69) is 51.5 Å². The molecule has 2 aliphatic rings. The van der Waals surface area contributed by atoms with Crippen molar-refractivity contribution >= 4 is 29.0 Å². The van der Waals surface area contributed by atoms with Crippen molar-refractivity contribution in [1.29, 1.82) is 0 Å². The van der Waals surface area contributed by atoms with Gasteiger partial charge in [0.1, 0.15) is 17.9 Å². The molecule has 0 radical (unpaired) electrons. The number of anilines is 1. The predicted molar refractivity (Wildman–Crippen MR) is 126 cm³/mol. The highest BCUT2D eigenvalue weighted by molar-refractivity contribution is 6.10. The number of fused-ring (bicyclic) bond motifs is 1. The minimum absolute atomic E-state index is 0.00741. The Labute approximate surface area is 188 Å². The summed E-state index contributed by atoms with van der Waals surface area (Å²) in [6.07, 6.45) is 7.44. The first-order valence-electron chi connectivity index (χ1n) is 11.3. The molecule has 0 atom stereocenters. The first kappa shape index (κ1) is 20.7. The average molecular weight is 432 g/mol. The number of aromatic nitrogens is 2. The Kier molecular flexibility index (Phi) is 5.19. The van der Waals surface area contributed by atoms with E-state index in [0.717, 1.165) is 44.3 Å². The molecule has 0 bridgehead atoms. The summed E-state index contributed by atoms with van der Waals surface area (Å²) in [6, 6.07) is 8.58. The van der Waals surface area contributed by atoms with Gasteiger partial charge in [-0.3, -0.25) is 9.79 Å². The van der Waals surface area contributed by atoms with Crippen LogP contribution in [0.5, 0.6) is 0 Å². The van der Waals surface area contributed by atoms with Gasteiger partial charge in [0, 0.05) is 31.9 Å². The number of aryl methyl sites for hydroxylation is 1. The van der Waals surface area contributed by atoms with Gasteiger partial charge in [-0.25, -0.2) is 9.97 Å². The van der Waals surface area contributed by atoms with Crippen molar-refractivity contribution in [2.75, 3.05) is 25.5 Å². The molecule has 7 nitrogen and oxygen atoms in total. The lowest BCUT2D eigenvalue weighted by molar-refractivity contribution is 0.0713. The van der Waals surface area contributed by atoms with E-state index in [-0.39, 0.29) is 11.4 Å². The van der Waals surface area contributed by atoms with Crippen molar-refractivity contribution in [3.05, 3.63) is 53.0 Å². The number of likely N-dealkylation sites (tertiary alicyclic amines) is 1. The number of hydrogen-bond acceptors (Lipinski definition) is 6. The number of furan rings is 1. The second kappa shape index (κ2) is 8.04. The van der Waals surface area contributed by atoms with E-state index in [1.54, 1.807) is 7.05 Å². The lowest BCUT2D eigenvalue weighted by Crippen LogP contribution is -2.38. The van der Waals surface area contributed by atoms with Crippen molar-refractivity contribution in [2.24, 2.45) is 4.99 Å². The fraction of sp³-hybridized carbons (Fsp3) is 0.440. The molecular weight excluding hydrogens is 402 g/mol.